The van der Waals surface area contributed by atoms with Crippen LogP contribution in [0.2, 0.25) is 0 Å². The molecule has 0 aliphatic rings. The third kappa shape index (κ3) is 6.67. The number of ether oxygens (including phenoxy) is 1. The molecule has 0 saturated carbocycles. The summed E-state index contributed by atoms with van der Waals surface area (Å²) in [5.74, 6) is -0.260. The van der Waals surface area contributed by atoms with Crippen molar-refractivity contribution < 1.29 is 19.1 Å². The first kappa shape index (κ1) is 25.0. The first-order valence-electron chi connectivity index (χ1n) is 11.4. The molecule has 0 N–H and O–H groups in total. The van der Waals surface area contributed by atoms with Crippen molar-refractivity contribution in [3.8, 4) is 0 Å². The van der Waals surface area contributed by atoms with E-state index in [2.05, 4.69) is 0 Å². The number of nitrogens with zero attached hydrogens (tertiary/aromatic N) is 2. The Hall–Kier alpha value is -3.67. The molecule has 3 aromatic carbocycles. The second-order valence-electron chi connectivity index (χ2n) is 9.38. The molecule has 0 heterocycles. The summed E-state index contributed by atoms with van der Waals surface area (Å²) in [4.78, 5) is 41.1. The van der Waals surface area contributed by atoms with Gasteiger partial charge in [0.25, 0.3) is 0 Å². The SMILES string of the molecule is CN(Cc1ccccc1)C(=O)C(Cc1ccc2ccccc2c1)N(CC=O)C(=O)OC(C)(C)C. The Morgan fingerprint density at radius 1 is 0.912 bits per heavy atom. The van der Waals surface area contributed by atoms with Crippen LogP contribution < -0.4 is 0 Å². The number of fused-ring (bicyclic) bond motifs is 1. The van der Waals surface area contributed by atoms with E-state index < -0.39 is 17.7 Å². The van der Waals surface area contributed by atoms with E-state index in [4.69, 9.17) is 4.74 Å². The van der Waals surface area contributed by atoms with E-state index >= 15 is 0 Å². The van der Waals surface area contributed by atoms with Gasteiger partial charge in [-0.05, 0) is 42.7 Å². The van der Waals surface area contributed by atoms with Gasteiger partial charge in [0.15, 0.2) is 0 Å². The molecule has 3 aromatic rings. The van der Waals surface area contributed by atoms with E-state index in [-0.39, 0.29) is 18.9 Å². The number of benzene rings is 3. The molecule has 6 heteroatoms. The monoisotopic (exact) mass is 460 g/mol. The van der Waals surface area contributed by atoms with Crippen molar-refractivity contribution in [1.82, 2.24) is 9.80 Å². The lowest BCUT2D eigenvalue weighted by atomic mass is 10.00. The van der Waals surface area contributed by atoms with Crippen LogP contribution in [0.15, 0.2) is 72.8 Å². The smallest absolute Gasteiger partial charge is 0.411 e. The van der Waals surface area contributed by atoms with Crippen molar-refractivity contribution >= 4 is 29.1 Å². The van der Waals surface area contributed by atoms with Gasteiger partial charge in [0.2, 0.25) is 5.91 Å². The summed E-state index contributed by atoms with van der Waals surface area (Å²) in [5.41, 5.74) is 1.11. The molecule has 178 valence electrons. The number of rotatable bonds is 8. The maximum atomic E-state index is 13.7. The maximum absolute atomic E-state index is 13.7. The minimum atomic E-state index is -0.894. The van der Waals surface area contributed by atoms with Gasteiger partial charge >= 0.3 is 6.09 Å². The molecule has 0 aromatic heterocycles. The standard InChI is InChI=1S/C28H32N2O4/c1-28(2,3)34-27(33)30(16-17-31)25(26(32)29(4)20-21-10-6-5-7-11-21)19-22-14-15-23-12-8-9-13-24(23)18-22/h5-15,17-18,25H,16,19-20H2,1-4H3. The lowest BCUT2D eigenvalue weighted by molar-refractivity contribution is -0.136. The summed E-state index contributed by atoms with van der Waals surface area (Å²) >= 11 is 0. The van der Waals surface area contributed by atoms with Crippen LogP contribution in [0.1, 0.15) is 31.9 Å². The van der Waals surface area contributed by atoms with Crippen molar-refractivity contribution in [3.63, 3.8) is 0 Å². The second-order valence-corrected chi connectivity index (χ2v) is 9.38. The van der Waals surface area contributed by atoms with E-state index in [1.807, 2.05) is 72.8 Å². The largest absolute Gasteiger partial charge is 0.444 e. The van der Waals surface area contributed by atoms with E-state index in [0.717, 1.165) is 21.9 Å². The van der Waals surface area contributed by atoms with E-state index in [1.165, 1.54) is 4.90 Å². The summed E-state index contributed by atoms with van der Waals surface area (Å²) in [6, 6.07) is 22.7. The number of carbonyl (C=O) groups excluding carboxylic acids is 3. The van der Waals surface area contributed by atoms with Crippen LogP contribution in [-0.2, 0) is 27.3 Å². The summed E-state index contributed by atoms with van der Waals surface area (Å²) < 4.78 is 5.55. The van der Waals surface area contributed by atoms with E-state index in [9.17, 15) is 14.4 Å². The first-order valence-corrected chi connectivity index (χ1v) is 11.4. The number of hydrogen-bond donors (Lipinski definition) is 0. The molecule has 0 aliphatic heterocycles. The van der Waals surface area contributed by atoms with Crippen LogP contribution in [0.25, 0.3) is 10.8 Å². The highest BCUT2D eigenvalue weighted by Crippen LogP contribution is 2.21. The number of carbonyl (C=O) groups is 3. The zero-order chi connectivity index (χ0) is 24.7. The second kappa shape index (κ2) is 11.0. The molecule has 0 bridgehead atoms. The van der Waals surface area contributed by atoms with Crippen LogP contribution in [0.5, 0.6) is 0 Å². The number of likely N-dealkylation sites (N-methyl/N-ethyl adjacent to an activating group) is 1. The molecule has 1 atom stereocenters. The van der Waals surface area contributed by atoms with Crippen molar-refractivity contribution in [1.29, 1.82) is 0 Å². The highest BCUT2D eigenvalue weighted by atomic mass is 16.6. The molecule has 1 unspecified atom stereocenters. The van der Waals surface area contributed by atoms with Crippen molar-refractivity contribution in [2.45, 2.75) is 45.4 Å². The van der Waals surface area contributed by atoms with Gasteiger partial charge in [-0.25, -0.2) is 4.79 Å². The Bertz CT molecular complexity index is 1140. The molecule has 34 heavy (non-hydrogen) atoms. The molecule has 3 rings (SSSR count). The predicted octanol–water partition coefficient (Wildman–Crippen LogP) is 4.85. The molecular formula is C28H32N2O4. The summed E-state index contributed by atoms with van der Waals surface area (Å²) in [7, 11) is 1.71. The zero-order valence-corrected chi connectivity index (χ0v) is 20.2. The Kier molecular flexibility index (Phi) is 8.05. The summed E-state index contributed by atoms with van der Waals surface area (Å²) in [5, 5.41) is 2.13. The van der Waals surface area contributed by atoms with Crippen LogP contribution in [0.4, 0.5) is 4.79 Å². The normalized spacial score (nSPS) is 12.1. The Morgan fingerprint density at radius 2 is 1.56 bits per heavy atom. The van der Waals surface area contributed by atoms with Gasteiger partial charge in [0.1, 0.15) is 17.9 Å². The van der Waals surface area contributed by atoms with E-state index in [0.29, 0.717) is 12.8 Å². The van der Waals surface area contributed by atoms with Crippen LogP contribution in [0, 0.1) is 0 Å². The average molecular weight is 461 g/mol. The lowest BCUT2D eigenvalue weighted by Crippen LogP contribution is -2.52. The minimum Gasteiger partial charge on any atom is -0.444 e. The van der Waals surface area contributed by atoms with Gasteiger partial charge in [-0.1, -0.05) is 72.8 Å². The van der Waals surface area contributed by atoms with Crippen LogP contribution in [0.3, 0.4) is 0 Å². The highest BCUT2D eigenvalue weighted by molar-refractivity contribution is 5.88. The topological polar surface area (TPSA) is 66.9 Å². The first-order chi connectivity index (χ1) is 16.2. The Labute approximate surface area is 201 Å². The quantitative estimate of drug-likeness (QED) is 0.451. The van der Waals surface area contributed by atoms with Gasteiger partial charge in [-0.3, -0.25) is 9.69 Å². The van der Waals surface area contributed by atoms with E-state index in [1.54, 1.807) is 32.7 Å². The number of amides is 2. The molecule has 0 radical (unpaired) electrons. The third-order valence-corrected chi connectivity index (χ3v) is 5.44. The Balaban J connectivity index is 1.94. The Morgan fingerprint density at radius 3 is 2.21 bits per heavy atom. The van der Waals surface area contributed by atoms with Crippen LogP contribution >= 0.6 is 0 Å². The molecule has 0 fully saturated rings. The van der Waals surface area contributed by atoms with Gasteiger partial charge in [0, 0.05) is 20.0 Å². The molecule has 0 spiro atoms. The molecular weight excluding hydrogens is 428 g/mol. The molecule has 0 saturated heterocycles. The summed E-state index contributed by atoms with van der Waals surface area (Å²) in [6.07, 6.45) is 0.198. The predicted molar refractivity (Wildman–Crippen MR) is 133 cm³/mol. The number of hydrogen-bond acceptors (Lipinski definition) is 4. The maximum Gasteiger partial charge on any atom is 0.411 e. The molecule has 2 amide bonds. The fourth-order valence-corrected chi connectivity index (χ4v) is 3.84. The van der Waals surface area contributed by atoms with Gasteiger partial charge in [-0.15, -0.1) is 0 Å². The summed E-state index contributed by atoms with van der Waals surface area (Å²) in [6.45, 7) is 5.41. The fraction of sp³-hybridized carbons (Fsp3) is 0.321. The highest BCUT2D eigenvalue weighted by Gasteiger charge is 2.34. The fourth-order valence-electron chi connectivity index (χ4n) is 3.84. The minimum absolute atomic E-state index is 0.238. The zero-order valence-electron chi connectivity index (χ0n) is 20.2. The third-order valence-electron chi connectivity index (χ3n) is 5.44. The number of aldehydes is 1. The van der Waals surface area contributed by atoms with Gasteiger partial charge < -0.3 is 14.4 Å². The van der Waals surface area contributed by atoms with Crippen molar-refractivity contribution in [2.75, 3.05) is 13.6 Å². The molecule has 0 aliphatic carbocycles. The van der Waals surface area contributed by atoms with Crippen molar-refractivity contribution in [3.05, 3.63) is 83.9 Å². The lowest BCUT2D eigenvalue weighted by Gasteiger charge is -2.34. The van der Waals surface area contributed by atoms with Gasteiger partial charge in [-0.2, -0.15) is 0 Å². The average Bonchev–Trinajstić information content (AvgIpc) is 2.80. The van der Waals surface area contributed by atoms with Gasteiger partial charge in [0.05, 0.1) is 6.54 Å². The molecule has 6 nitrogen and oxygen atoms in total. The van der Waals surface area contributed by atoms with Crippen molar-refractivity contribution in [2.24, 2.45) is 0 Å². The van der Waals surface area contributed by atoms with Crippen LogP contribution in [-0.4, -0.2) is 53.3 Å².